The second-order valence-corrected chi connectivity index (χ2v) is 9.67. The summed E-state index contributed by atoms with van der Waals surface area (Å²) >= 11 is 6.59. The lowest BCUT2D eigenvalue weighted by molar-refractivity contribution is 0.261. The molecule has 0 spiro atoms. The molecule has 36 heavy (non-hydrogen) atoms. The Hall–Kier alpha value is -3.36. The molecular formula is C27H32ClN7O. The van der Waals surface area contributed by atoms with E-state index in [-0.39, 0.29) is 5.95 Å². The van der Waals surface area contributed by atoms with Gasteiger partial charge in [-0.3, -0.25) is 9.88 Å². The molecule has 1 aliphatic heterocycles. The Balaban J connectivity index is 1.35. The highest BCUT2D eigenvalue weighted by Gasteiger charge is 2.21. The number of nitrogen functional groups attached to an aromatic ring is 1. The number of aromatic nitrogens is 4. The van der Waals surface area contributed by atoms with Crippen LogP contribution in [0.15, 0.2) is 42.7 Å². The molecule has 0 radical (unpaired) electrons. The van der Waals surface area contributed by atoms with Crippen molar-refractivity contribution in [2.45, 2.75) is 26.8 Å². The van der Waals surface area contributed by atoms with Gasteiger partial charge in [-0.05, 0) is 38.0 Å². The van der Waals surface area contributed by atoms with Crippen LogP contribution in [0.5, 0.6) is 5.75 Å². The van der Waals surface area contributed by atoms with Crippen LogP contribution in [0, 0.1) is 13.8 Å². The minimum Gasteiger partial charge on any atom is -0.496 e. The van der Waals surface area contributed by atoms with Crippen molar-refractivity contribution in [3.63, 3.8) is 0 Å². The van der Waals surface area contributed by atoms with Crippen LogP contribution in [0.1, 0.15) is 22.4 Å². The van der Waals surface area contributed by atoms with Crippen LogP contribution in [-0.2, 0) is 13.0 Å². The molecule has 0 unspecified atom stereocenters. The first-order valence-corrected chi connectivity index (χ1v) is 12.6. The van der Waals surface area contributed by atoms with Crippen LogP contribution in [-0.4, -0.2) is 64.3 Å². The summed E-state index contributed by atoms with van der Waals surface area (Å²) in [5.74, 6) is 1.03. The van der Waals surface area contributed by atoms with Crippen LogP contribution in [0.4, 0.5) is 11.6 Å². The van der Waals surface area contributed by atoms with Gasteiger partial charge in [0.25, 0.3) is 0 Å². The number of nitrogens with zero attached hydrogens (tertiary/aromatic N) is 6. The van der Waals surface area contributed by atoms with Crippen LogP contribution < -0.4 is 15.4 Å². The lowest BCUT2D eigenvalue weighted by atomic mass is 10.1. The summed E-state index contributed by atoms with van der Waals surface area (Å²) in [6.07, 6.45) is 4.82. The van der Waals surface area contributed by atoms with Crippen LogP contribution in [0.3, 0.4) is 0 Å². The second kappa shape index (κ2) is 10.3. The van der Waals surface area contributed by atoms with E-state index in [4.69, 9.17) is 22.1 Å². The molecule has 1 saturated heterocycles. The molecule has 0 saturated carbocycles. The number of hydrogen-bond donors (Lipinski definition) is 1. The zero-order chi connectivity index (χ0) is 25.2. The number of para-hydroxylation sites is 1. The predicted molar refractivity (Wildman–Crippen MR) is 145 cm³/mol. The minimum absolute atomic E-state index is 0.168. The Morgan fingerprint density at radius 2 is 1.81 bits per heavy atom. The second-order valence-electron chi connectivity index (χ2n) is 9.31. The normalized spacial score (nSPS) is 14.5. The molecule has 1 fully saturated rings. The maximum atomic E-state index is 6.59. The van der Waals surface area contributed by atoms with Crippen molar-refractivity contribution in [3.8, 4) is 5.75 Å². The summed E-state index contributed by atoms with van der Waals surface area (Å²) in [6, 6.07) is 10.6. The third-order valence-electron chi connectivity index (χ3n) is 7.03. The monoisotopic (exact) mass is 505 g/mol. The molecule has 2 N–H and O–H groups in total. The highest BCUT2D eigenvalue weighted by Crippen LogP contribution is 2.30. The molecule has 4 heterocycles. The molecule has 0 bridgehead atoms. The van der Waals surface area contributed by atoms with E-state index in [9.17, 15) is 0 Å². The van der Waals surface area contributed by atoms with Gasteiger partial charge in [0, 0.05) is 61.9 Å². The van der Waals surface area contributed by atoms with Gasteiger partial charge in [0.15, 0.2) is 0 Å². The molecular weight excluding hydrogens is 474 g/mol. The molecule has 5 rings (SSSR count). The zero-order valence-electron chi connectivity index (χ0n) is 21.0. The average molecular weight is 506 g/mol. The van der Waals surface area contributed by atoms with Gasteiger partial charge in [-0.2, -0.15) is 4.98 Å². The van der Waals surface area contributed by atoms with Gasteiger partial charge in [0.2, 0.25) is 5.95 Å². The standard InChI is InChI=1S/C27H32ClN7O/c1-18-15-30-22(19(2)24(18)36-3)17-35-16-20(23-25(28)31-27(29)32-26(23)35)9-10-33-11-13-34(14-12-33)21-7-5-4-6-8-21/h4-8,15-16H,9-14,17H2,1-3H3,(H2,29,31,32). The Kier molecular flexibility index (Phi) is 6.98. The van der Waals surface area contributed by atoms with E-state index in [1.165, 1.54) is 5.69 Å². The van der Waals surface area contributed by atoms with Crippen molar-refractivity contribution >= 4 is 34.3 Å². The number of hydrogen-bond acceptors (Lipinski definition) is 7. The molecule has 0 amide bonds. The Morgan fingerprint density at radius 1 is 1.06 bits per heavy atom. The summed E-state index contributed by atoms with van der Waals surface area (Å²) in [7, 11) is 1.69. The highest BCUT2D eigenvalue weighted by atomic mass is 35.5. The molecule has 9 heteroatoms. The SMILES string of the molecule is COc1c(C)cnc(Cn2cc(CCN3CCN(c4ccccc4)CC3)c3c(Cl)nc(N)nc32)c1C. The van der Waals surface area contributed by atoms with E-state index >= 15 is 0 Å². The van der Waals surface area contributed by atoms with Gasteiger partial charge in [-0.25, -0.2) is 4.98 Å². The first-order valence-electron chi connectivity index (χ1n) is 12.3. The van der Waals surface area contributed by atoms with Crippen LogP contribution in [0.2, 0.25) is 5.15 Å². The van der Waals surface area contributed by atoms with Gasteiger partial charge in [-0.15, -0.1) is 0 Å². The maximum absolute atomic E-state index is 6.59. The van der Waals surface area contributed by atoms with Crippen molar-refractivity contribution < 1.29 is 4.74 Å². The quantitative estimate of drug-likeness (QED) is 0.378. The number of pyridine rings is 1. The number of piperazine rings is 1. The van der Waals surface area contributed by atoms with Crippen molar-refractivity contribution in [2.24, 2.45) is 0 Å². The molecule has 0 atom stereocenters. The number of anilines is 2. The summed E-state index contributed by atoms with van der Waals surface area (Å²) < 4.78 is 7.68. The minimum atomic E-state index is 0.168. The van der Waals surface area contributed by atoms with E-state index in [2.05, 4.69) is 65.8 Å². The first kappa shape index (κ1) is 24.3. The third kappa shape index (κ3) is 4.83. The number of fused-ring (bicyclic) bond motifs is 1. The Morgan fingerprint density at radius 3 is 2.53 bits per heavy atom. The van der Waals surface area contributed by atoms with Gasteiger partial charge < -0.3 is 19.9 Å². The molecule has 0 aliphatic carbocycles. The van der Waals surface area contributed by atoms with Gasteiger partial charge in [-0.1, -0.05) is 29.8 Å². The predicted octanol–water partition coefficient (Wildman–Crippen LogP) is 4.10. The molecule has 3 aromatic heterocycles. The highest BCUT2D eigenvalue weighted by molar-refractivity contribution is 6.34. The van der Waals surface area contributed by atoms with Crippen molar-refractivity contribution in [2.75, 3.05) is 50.5 Å². The number of aryl methyl sites for hydroxylation is 1. The average Bonchev–Trinajstić information content (AvgIpc) is 3.23. The fourth-order valence-corrected chi connectivity index (χ4v) is 5.38. The topological polar surface area (TPSA) is 85.3 Å². The number of nitrogens with two attached hydrogens (primary N) is 1. The largest absolute Gasteiger partial charge is 0.496 e. The number of ether oxygens (including phenoxy) is 1. The molecule has 4 aromatic rings. The van der Waals surface area contributed by atoms with E-state index < -0.39 is 0 Å². The maximum Gasteiger partial charge on any atom is 0.223 e. The molecule has 8 nitrogen and oxygen atoms in total. The van der Waals surface area contributed by atoms with Crippen LogP contribution >= 0.6 is 11.6 Å². The molecule has 188 valence electrons. The van der Waals surface area contributed by atoms with E-state index in [1.54, 1.807) is 7.11 Å². The smallest absolute Gasteiger partial charge is 0.223 e. The van der Waals surface area contributed by atoms with Crippen LogP contribution in [0.25, 0.3) is 11.0 Å². The number of rotatable bonds is 7. The fourth-order valence-electron chi connectivity index (χ4n) is 5.08. The number of benzene rings is 1. The van der Waals surface area contributed by atoms with Crippen molar-refractivity contribution in [1.82, 2.24) is 24.4 Å². The Labute approximate surface area is 216 Å². The van der Waals surface area contributed by atoms with Gasteiger partial charge in [0.05, 0.1) is 24.7 Å². The lowest BCUT2D eigenvalue weighted by Crippen LogP contribution is -2.46. The van der Waals surface area contributed by atoms with Gasteiger partial charge >= 0.3 is 0 Å². The van der Waals surface area contributed by atoms with E-state index in [1.807, 2.05) is 20.0 Å². The fraction of sp³-hybridized carbons (Fsp3) is 0.370. The van der Waals surface area contributed by atoms with Crippen molar-refractivity contribution in [1.29, 1.82) is 0 Å². The van der Waals surface area contributed by atoms with Gasteiger partial charge in [0.1, 0.15) is 16.5 Å². The summed E-state index contributed by atoms with van der Waals surface area (Å²) in [6.45, 7) is 9.61. The Bertz CT molecular complexity index is 1360. The lowest BCUT2D eigenvalue weighted by Gasteiger charge is -2.36. The summed E-state index contributed by atoms with van der Waals surface area (Å²) in [5, 5.41) is 1.26. The first-order chi connectivity index (χ1) is 17.4. The summed E-state index contributed by atoms with van der Waals surface area (Å²) in [4.78, 5) is 18.4. The zero-order valence-corrected chi connectivity index (χ0v) is 21.8. The third-order valence-corrected chi connectivity index (χ3v) is 7.30. The molecule has 1 aromatic carbocycles. The van der Waals surface area contributed by atoms with Crippen molar-refractivity contribution in [3.05, 3.63) is 70.3 Å². The number of halogens is 1. The van der Waals surface area contributed by atoms with E-state index in [0.29, 0.717) is 11.7 Å². The molecule has 1 aliphatic rings. The summed E-state index contributed by atoms with van der Waals surface area (Å²) in [5.41, 5.74) is 12.1. The van der Waals surface area contributed by atoms with E-state index in [0.717, 1.165) is 78.3 Å². The number of methoxy groups -OCH3 is 1.